The normalized spacial score (nSPS) is 14.7. The van der Waals surface area contributed by atoms with Gasteiger partial charge in [0.2, 0.25) is 5.95 Å². The van der Waals surface area contributed by atoms with Gasteiger partial charge >= 0.3 is 6.09 Å². The number of nitrogens with zero attached hydrogens (tertiary/aromatic N) is 4. The second-order valence-electron chi connectivity index (χ2n) is 4.58. The highest BCUT2D eigenvalue weighted by Crippen LogP contribution is 2.13. The number of carbonyl (C=O) groups excluding carboxylic acids is 1. The summed E-state index contributed by atoms with van der Waals surface area (Å²) in [5.74, 6) is 1.44. The van der Waals surface area contributed by atoms with Crippen molar-refractivity contribution in [1.29, 1.82) is 0 Å². The van der Waals surface area contributed by atoms with E-state index in [1.54, 1.807) is 17.2 Å². The monoisotopic (exact) mass is 291 g/mol. The van der Waals surface area contributed by atoms with E-state index >= 15 is 0 Å². The van der Waals surface area contributed by atoms with Gasteiger partial charge in [-0.3, -0.25) is 0 Å². The second-order valence-corrected chi connectivity index (χ2v) is 4.58. The standard InChI is InChI=1S/C14H21N5O2/c1-3-6-15-12-5-7-16-13(17-12)18-8-10-19(11-9-18)14(20)21-4-2/h3,5,7H,1,4,6,8-11H2,2H3,(H,15,16,17). The van der Waals surface area contributed by atoms with Crippen molar-refractivity contribution in [3.63, 3.8) is 0 Å². The summed E-state index contributed by atoms with van der Waals surface area (Å²) in [6, 6.07) is 1.82. The smallest absolute Gasteiger partial charge is 0.409 e. The molecule has 0 bridgehead atoms. The molecule has 1 fully saturated rings. The Morgan fingerprint density at radius 3 is 2.90 bits per heavy atom. The number of ether oxygens (including phenoxy) is 1. The molecule has 7 heteroatoms. The molecular formula is C14H21N5O2. The Kier molecular flexibility index (Phi) is 5.36. The zero-order valence-corrected chi connectivity index (χ0v) is 12.3. The first-order valence-electron chi connectivity index (χ1n) is 7.09. The van der Waals surface area contributed by atoms with Crippen LogP contribution in [0.1, 0.15) is 6.92 Å². The molecular weight excluding hydrogens is 270 g/mol. The Bertz CT molecular complexity index is 486. The fraction of sp³-hybridized carbons (Fsp3) is 0.500. The maximum atomic E-state index is 11.6. The van der Waals surface area contributed by atoms with Crippen LogP contribution in [0.4, 0.5) is 16.6 Å². The van der Waals surface area contributed by atoms with Gasteiger partial charge in [-0.2, -0.15) is 4.98 Å². The molecule has 1 aromatic rings. The molecule has 0 spiro atoms. The predicted molar refractivity (Wildman–Crippen MR) is 81.5 cm³/mol. The van der Waals surface area contributed by atoms with Gasteiger partial charge in [0.15, 0.2) is 0 Å². The van der Waals surface area contributed by atoms with E-state index in [4.69, 9.17) is 4.74 Å². The van der Waals surface area contributed by atoms with Crippen molar-refractivity contribution in [2.75, 3.05) is 49.5 Å². The van der Waals surface area contributed by atoms with Gasteiger partial charge in [-0.25, -0.2) is 9.78 Å². The first-order valence-corrected chi connectivity index (χ1v) is 7.09. The van der Waals surface area contributed by atoms with Crippen molar-refractivity contribution in [3.05, 3.63) is 24.9 Å². The number of carbonyl (C=O) groups is 1. The van der Waals surface area contributed by atoms with E-state index in [0.717, 1.165) is 5.82 Å². The highest BCUT2D eigenvalue weighted by atomic mass is 16.6. The maximum Gasteiger partial charge on any atom is 0.409 e. The van der Waals surface area contributed by atoms with Crippen molar-refractivity contribution in [3.8, 4) is 0 Å². The van der Waals surface area contributed by atoms with Gasteiger partial charge in [0.25, 0.3) is 0 Å². The Morgan fingerprint density at radius 2 is 2.24 bits per heavy atom. The quantitative estimate of drug-likeness (QED) is 0.826. The highest BCUT2D eigenvalue weighted by molar-refractivity contribution is 5.68. The Balaban J connectivity index is 1.92. The molecule has 114 valence electrons. The molecule has 0 saturated carbocycles. The van der Waals surface area contributed by atoms with Crippen LogP contribution in [0.3, 0.4) is 0 Å². The largest absolute Gasteiger partial charge is 0.450 e. The summed E-state index contributed by atoms with van der Waals surface area (Å²) in [4.78, 5) is 24.2. The summed E-state index contributed by atoms with van der Waals surface area (Å²) in [5, 5.41) is 3.14. The zero-order valence-electron chi connectivity index (χ0n) is 12.3. The zero-order chi connectivity index (χ0) is 15.1. The Hall–Kier alpha value is -2.31. The molecule has 7 nitrogen and oxygen atoms in total. The second kappa shape index (κ2) is 7.47. The molecule has 1 saturated heterocycles. The lowest BCUT2D eigenvalue weighted by molar-refractivity contribution is 0.105. The van der Waals surface area contributed by atoms with Crippen LogP contribution in [0, 0.1) is 0 Å². The Morgan fingerprint density at radius 1 is 1.48 bits per heavy atom. The van der Waals surface area contributed by atoms with Gasteiger partial charge in [0, 0.05) is 38.9 Å². The maximum absolute atomic E-state index is 11.6. The lowest BCUT2D eigenvalue weighted by atomic mass is 10.3. The van der Waals surface area contributed by atoms with E-state index in [1.807, 2.05) is 13.0 Å². The van der Waals surface area contributed by atoms with Crippen molar-refractivity contribution >= 4 is 17.9 Å². The summed E-state index contributed by atoms with van der Waals surface area (Å²) < 4.78 is 5.00. The van der Waals surface area contributed by atoms with Gasteiger partial charge in [-0.05, 0) is 13.0 Å². The third-order valence-corrected chi connectivity index (χ3v) is 3.16. The van der Waals surface area contributed by atoms with E-state index in [-0.39, 0.29) is 6.09 Å². The predicted octanol–water partition coefficient (Wildman–Crippen LogP) is 1.35. The number of amides is 1. The minimum Gasteiger partial charge on any atom is -0.450 e. The minimum atomic E-state index is -0.250. The number of aromatic nitrogens is 2. The van der Waals surface area contributed by atoms with Crippen molar-refractivity contribution in [1.82, 2.24) is 14.9 Å². The van der Waals surface area contributed by atoms with Gasteiger partial charge < -0.3 is 19.9 Å². The molecule has 1 aromatic heterocycles. The SMILES string of the molecule is C=CCNc1ccnc(N2CCN(C(=O)OCC)CC2)n1. The summed E-state index contributed by atoms with van der Waals surface area (Å²) in [6.45, 7) is 9.16. The molecule has 0 unspecified atom stereocenters. The van der Waals surface area contributed by atoms with Crippen LogP contribution < -0.4 is 10.2 Å². The number of anilines is 2. The number of piperazine rings is 1. The molecule has 1 aliphatic rings. The van der Waals surface area contributed by atoms with Crippen molar-refractivity contribution in [2.45, 2.75) is 6.92 Å². The molecule has 1 amide bonds. The highest BCUT2D eigenvalue weighted by Gasteiger charge is 2.23. The number of hydrogen-bond donors (Lipinski definition) is 1. The van der Waals surface area contributed by atoms with Crippen LogP contribution >= 0.6 is 0 Å². The third-order valence-electron chi connectivity index (χ3n) is 3.16. The topological polar surface area (TPSA) is 70.6 Å². The van der Waals surface area contributed by atoms with E-state index in [1.165, 1.54) is 0 Å². The van der Waals surface area contributed by atoms with Crippen LogP contribution in [0.2, 0.25) is 0 Å². The first kappa shape index (κ1) is 15.1. The van der Waals surface area contributed by atoms with Crippen LogP contribution in [0.25, 0.3) is 0 Å². The van der Waals surface area contributed by atoms with Gasteiger partial charge in [0.1, 0.15) is 5.82 Å². The number of nitrogens with one attached hydrogen (secondary N) is 1. The van der Waals surface area contributed by atoms with Crippen molar-refractivity contribution in [2.24, 2.45) is 0 Å². The lowest BCUT2D eigenvalue weighted by Gasteiger charge is -2.34. The summed E-state index contributed by atoms with van der Waals surface area (Å²) >= 11 is 0. The molecule has 1 N–H and O–H groups in total. The molecule has 0 aliphatic carbocycles. The van der Waals surface area contributed by atoms with Crippen molar-refractivity contribution < 1.29 is 9.53 Å². The van der Waals surface area contributed by atoms with Crippen LogP contribution in [0.15, 0.2) is 24.9 Å². The molecule has 1 aliphatic heterocycles. The summed E-state index contributed by atoms with van der Waals surface area (Å²) in [7, 11) is 0. The lowest BCUT2D eigenvalue weighted by Crippen LogP contribution is -2.49. The summed E-state index contributed by atoms with van der Waals surface area (Å²) in [5.41, 5.74) is 0. The fourth-order valence-electron chi connectivity index (χ4n) is 2.08. The van der Waals surface area contributed by atoms with E-state index in [2.05, 4.69) is 26.8 Å². The average molecular weight is 291 g/mol. The third kappa shape index (κ3) is 4.08. The van der Waals surface area contributed by atoms with E-state index < -0.39 is 0 Å². The Labute approximate surface area is 124 Å². The summed E-state index contributed by atoms with van der Waals surface area (Å²) in [6.07, 6.45) is 3.25. The van der Waals surface area contributed by atoms with E-state index in [0.29, 0.717) is 45.3 Å². The molecule has 0 radical (unpaired) electrons. The van der Waals surface area contributed by atoms with Crippen LogP contribution in [0.5, 0.6) is 0 Å². The molecule has 0 atom stereocenters. The minimum absolute atomic E-state index is 0.250. The average Bonchev–Trinajstić information content (AvgIpc) is 2.53. The number of rotatable bonds is 5. The molecule has 0 aromatic carbocycles. The fourth-order valence-corrected chi connectivity index (χ4v) is 2.08. The molecule has 2 rings (SSSR count). The van der Waals surface area contributed by atoms with Gasteiger partial charge in [-0.15, -0.1) is 6.58 Å². The molecule has 21 heavy (non-hydrogen) atoms. The van der Waals surface area contributed by atoms with E-state index in [9.17, 15) is 4.79 Å². The van der Waals surface area contributed by atoms with Crippen LogP contribution in [-0.4, -0.2) is 60.3 Å². The van der Waals surface area contributed by atoms with Gasteiger partial charge in [-0.1, -0.05) is 6.08 Å². The molecule has 2 heterocycles. The number of hydrogen-bond acceptors (Lipinski definition) is 6. The first-order chi connectivity index (χ1) is 10.2. The van der Waals surface area contributed by atoms with Crippen LogP contribution in [-0.2, 0) is 4.74 Å². The van der Waals surface area contributed by atoms with Gasteiger partial charge in [0.05, 0.1) is 6.61 Å².